The normalized spacial score (nSPS) is 14.3. The van der Waals surface area contributed by atoms with Gasteiger partial charge in [0, 0.05) is 17.3 Å². The highest BCUT2D eigenvalue weighted by Gasteiger charge is 2.40. The van der Waals surface area contributed by atoms with E-state index >= 15 is 0 Å². The molecule has 0 aliphatic heterocycles. The van der Waals surface area contributed by atoms with Crippen molar-refractivity contribution in [1.29, 1.82) is 0 Å². The van der Waals surface area contributed by atoms with Crippen molar-refractivity contribution in [2.24, 2.45) is 0 Å². The zero-order chi connectivity index (χ0) is 25.6. The lowest BCUT2D eigenvalue weighted by atomic mass is 9.88. The number of anilines is 1. The lowest BCUT2D eigenvalue weighted by molar-refractivity contribution is -0.143. The topological polar surface area (TPSA) is 117 Å². The number of hydrogen-bond acceptors (Lipinski definition) is 6. The van der Waals surface area contributed by atoms with Crippen molar-refractivity contribution >= 4 is 23.6 Å². The van der Waals surface area contributed by atoms with Crippen LogP contribution in [0.25, 0.3) is 0 Å². The van der Waals surface area contributed by atoms with Crippen molar-refractivity contribution < 1.29 is 29.0 Å². The van der Waals surface area contributed by atoms with Gasteiger partial charge in [-0.3, -0.25) is 9.59 Å². The van der Waals surface area contributed by atoms with Gasteiger partial charge in [-0.2, -0.15) is 0 Å². The number of methoxy groups -OCH3 is 1. The Bertz CT molecular complexity index is 1040. The number of benzene rings is 2. The van der Waals surface area contributed by atoms with Gasteiger partial charge in [0.05, 0.1) is 7.11 Å². The van der Waals surface area contributed by atoms with E-state index in [9.17, 15) is 19.5 Å². The summed E-state index contributed by atoms with van der Waals surface area (Å²) in [6.07, 6.45) is 1.64. The van der Waals surface area contributed by atoms with Crippen LogP contribution in [0.5, 0.6) is 11.5 Å². The predicted molar refractivity (Wildman–Crippen MR) is 131 cm³/mol. The molecule has 1 atom stereocenters. The highest BCUT2D eigenvalue weighted by atomic mass is 16.6. The number of nitrogens with zero attached hydrogens (tertiary/aromatic N) is 1. The third-order valence-electron chi connectivity index (χ3n) is 5.65. The first-order valence-electron chi connectivity index (χ1n) is 11.6. The van der Waals surface area contributed by atoms with Gasteiger partial charge >= 0.3 is 6.09 Å². The van der Waals surface area contributed by atoms with Crippen molar-refractivity contribution in [3.05, 3.63) is 54.1 Å². The second-order valence-electron chi connectivity index (χ2n) is 9.42. The summed E-state index contributed by atoms with van der Waals surface area (Å²) in [6, 6.07) is 12.0. The third-order valence-corrected chi connectivity index (χ3v) is 5.65. The number of carbonyl (C=O) groups excluding carboxylic acids is 3. The van der Waals surface area contributed by atoms with E-state index < -0.39 is 29.6 Å². The van der Waals surface area contributed by atoms with E-state index in [0.717, 1.165) is 19.3 Å². The van der Waals surface area contributed by atoms with Crippen LogP contribution in [0.2, 0.25) is 0 Å². The monoisotopic (exact) mass is 483 g/mol. The largest absolute Gasteiger partial charge is 0.508 e. The molecule has 0 aromatic heterocycles. The Hall–Kier alpha value is -3.75. The first-order valence-corrected chi connectivity index (χ1v) is 11.6. The highest BCUT2D eigenvalue weighted by molar-refractivity contribution is 5.99. The Balaban J connectivity index is 1.88. The van der Waals surface area contributed by atoms with Gasteiger partial charge in [0.25, 0.3) is 5.91 Å². The molecule has 9 heteroatoms. The SMILES string of the molecule is COc1ccc(NC(=O)C(c2ccccc2O)N(C(=O)CNC(=O)OC(C)(C)C)C2CCC2)cc1. The Labute approximate surface area is 205 Å². The zero-order valence-corrected chi connectivity index (χ0v) is 20.5. The number of amides is 3. The van der Waals surface area contributed by atoms with E-state index in [2.05, 4.69) is 10.6 Å². The summed E-state index contributed by atoms with van der Waals surface area (Å²) < 4.78 is 10.4. The molecule has 2 aromatic rings. The first-order chi connectivity index (χ1) is 16.6. The zero-order valence-electron chi connectivity index (χ0n) is 20.5. The number of hydrogen-bond donors (Lipinski definition) is 3. The van der Waals surface area contributed by atoms with E-state index in [0.29, 0.717) is 17.0 Å². The standard InChI is InChI=1S/C26H33N3O6/c1-26(2,3)35-25(33)27-16-22(31)29(18-8-7-9-18)23(20-10-5-6-11-21(20)30)24(32)28-17-12-14-19(34-4)15-13-17/h5-6,10-15,18,23,30H,7-9,16H2,1-4H3,(H,27,33)(H,28,32). The summed E-state index contributed by atoms with van der Waals surface area (Å²) in [5.41, 5.74) is 0.109. The molecule has 2 aromatic carbocycles. The number of phenols is 1. The van der Waals surface area contributed by atoms with Crippen LogP contribution < -0.4 is 15.4 Å². The smallest absolute Gasteiger partial charge is 0.408 e. The summed E-state index contributed by atoms with van der Waals surface area (Å²) in [4.78, 5) is 40.6. The van der Waals surface area contributed by atoms with E-state index in [4.69, 9.17) is 9.47 Å². The Morgan fingerprint density at radius 3 is 2.29 bits per heavy atom. The van der Waals surface area contributed by atoms with Crippen molar-refractivity contribution in [3.8, 4) is 11.5 Å². The molecule has 3 amide bonds. The number of rotatable bonds is 8. The molecule has 35 heavy (non-hydrogen) atoms. The number of ether oxygens (including phenoxy) is 2. The lowest BCUT2D eigenvalue weighted by Gasteiger charge is -2.42. The van der Waals surface area contributed by atoms with Crippen LogP contribution in [0, 0.1) is 0 Å². The minimum absolute atomic E-state index is 0.0976. The average Bonchev–Trinajstić information content (AvgIpc) is 2.76. The summed E-state index contributed by atoms with van der Waals surface area (Å²) in [5, 5.41) is 15.9. The summed E-state index contributed by atoms with van der Waals surface area (Å²) >= 11 is 0. The number of alkyl carbamates (subject to hydrolysis) is 1. The van der Waals surface area contributed by atoms with Gasteiger partial charge in [0.2, 0.25) is 5.91 Å². The van der Waals surface area contributed by atoms with E-state index in [1.165, 1.54) is 11.0 Å². The maximum Gasteiger partial charge on any atom is 0.408 e. The Morgan fingerprint density at radius 2 is 1.74 bits per heavy atom. The van der Waals surface area contributed by atoms with Gasteiger partial charge in [-0.1, -0.05) is 18.2 Å². The minimum atomic E-state index is -1.10. The van der Waals surface area contributed by atoms with Gasteiger partial charge < -0.3 is 30.1 Å². The van der Waals surface area contributed by atoms with Crippen LogP contribution in [0.15, 0.2) is 48.5 Å². The Morgan fingerprint density at radius 1 is 1.09 bits per heavy atom. The summed E-state index contributed by atoms with van der Waals surface area (Å²) in [6.45, 7) is 4.84. The maximum absolute atomic E-state index is 13.6. The molecule has 1 saturated carbocycles. The molecule has 0 bridgehead atoms. The maximum atomic E-state index is 13.6. The molecule has 1 unspecified atom stereocenters. The molecule has 1 aliphatic rings. The van der Waals surface area contributed by atoms with Gasteiger partial charge in [-0.25, -0.2) is 4.79 Å². The molecule has 0 saturated heterocycles. The van der Waals surface area contributed by atoms with E-state index in [1.807, 2.05) is 0 Å². The fourth-order valence-electron chi connectivity index (χ4n) is 3.80. The molecule has 0 heterocycles. The second kappa shape index (κ2) is 11.1. The van der Waals surface area contributed by atoms with Crippen LogP contribution in [-0.2, 0) is 14.3 Å². The summed E-state index contributed by atoms with van der Waals surface area (Å²) in [5.74, 6) is -0.382. The van der Waals surface area contributed by atoms with Gasteiger partial charge in [-0.15, -0.1) is 0 Å². The van der Waals surface area contributed by atoms with Crippen molar-refractivity contribution in [2.45, 2.75) is 57.7 Å². The number of phenolic OH excluding ortho intramolecular Hbond substituents is 1. The van der Waals surface area contributed by atoms with Crippen LogP contribution in [-0.4, -0.2) is 53.2 Å². The molecule has 1 fully saturated rings. The fraction of sp³-hybridized carbons (Fsp3) is 0.423. The number of nitrogens with one attached hydrogen (secondary N) is 2. The fourth-order valence-corrected chi connectivity index (χ4v) is 3.80. The van der Waals surface area contributed by atoms with Crippen molar-refractivity contribution in [1.82, 2.24) is 10.2 Å². The molecule has 3 N–H and O–H groups in total. The first kappa shape index (κ1) is 25.9. The molecule has 0 spiro atoms. The number of para-hydroxylation sites is 1. The third kappa shape index (κ3) is 6.88. The van der Waals surface area contributed by atoms with Crippen LogP contribution in [0.3, 0.4) is 0 Å². The molecule has 3 rings (SSSR count). The molecular weight excluding hydrogens is 450 g/mol. The van der Waals surface area contributed by atoms with Gasteiger partial charge in [0.15, 0.2) is 0 Å². The summed E-state index contributed by atoms with van der Waals surface area (Å²) in [7, 11) is 1.55. The molecule has 1 aliphatic carbocycles. The molecule has 9 nitrogen and oxygen atoms in total. The minimum Gasteiger partial charge on any atom is -0.508 e. The van der Waals surface area contributed by atoms with Crippen molar-refractivity contribution in [2.75, 3.05) is 19.0 Å². The van der Waals surface area contributed by atoms with Crippen molar-refractivity contribution in [3.63, 3.8) is 0 Å². The number of carbonyl (C=O) groups is 3. The van der Waals surface area contributed by atoms with Crippen LogP contribution in [0.1, 0.15) is 51.6 Å². The van der Waals surface area contributed by atoms with E-state index in [-0.39, 0.29) is 18.3 Å². The Kier molecular flexibility index (Phi) is 8.22. The second-order valence-corrected chi connectivity index (χ2v) is 9.42. The highest BCUT2D eigenvalue weighted by Crippen LogP contribution is 2.36. The van der Waals surface area contributed by atoms with E-state index in [1.54, 1.807) is 70.3 Å². The molecule has 188 valence electrons. The van der Waals surface area contributed by atoms with Crippen LogP contribution in [0.4, 0.5) is 10.5 Å². The van der Waals surface area contributed by atoms with Gasteiger partial charge in [0.1, 0.15) is 29.7 Å². The van der Waals surface area contributed by atoms with Crippen LogP contribution >= 0.6 is 0 Å². The lowest BCUT2D eigenvalue weighted by Crippen LogP contribution is -2.53. The predicted octanol–water partition coefficient (Wildman–Crippen LogP) is 3.99. The molecular formula is C26H33N3O6. The molecule has 0 radical (unpaired) electrons. The quantitative estimate of drug-likeness (QED) is 0.523. The van der Waals surface area contributed by atoms with Gasteiger partial charge in [-0.05, 0) is 70.4 Å². The average molecular weight is 484 g/mol. The number of aromatic hydroxyl groups is 1.